The standard InChI is InChI=1S/C78H46O2/c1-2-16-49(17-3-1)74-58-19-6-8-21-60(58)76(61-22-9-7-20-59(61)74)56-38-40-71-67(44-56)68-45-57-42-53(35-36-55(57)46-73(68)80-71)54-37-39-64-69(43-54)77(66-26-14-28-72-78(66)65-25-12-13-27-70(65)79-72)63-24-11-10-23-62(63)75(64)50-32-29-48(30-33-50)52-34-31-47-15-4-5-18-51(47)41-52/h1-46H. The molecule has 0 aliphatic carbocycles. The number of para-hydroxylation sites is 1. The van der Waals surface area contributed by atoms with Gasteiger partial charge in [0.15, 0.2) is 0 Å². The first-order chi connectivity index (χ1) is 39.6. The molecule has 2 aromatic heterocycles. The van der Waals surface area contributed by atoms with Crippen LogP contribution in [0.2, 0.25) is 0 Å². The van der Waals surface area contributed by atoms with Gasteiger partial charge in [0, 0.05) is 21.5 Å². The molecule has 17 rings (SSSR count). The molecule has 0 saturated carbocycles. The van der Waals surface area contributed by atoms with Crippen molar-refractivity contribution in [2.45, 2.75) is 0 Å². The van der Waals surface area contributed by atoms with Crippen molar-refractivity contribution < 1.29 is 8.83 Å². The van der Waals surface area contributed by atoms with Gasteiger partial charge in [0.1, 0.15) is 22.3 Å². The number of hydrogen-bond acceptors (Lipinski definition) is 2. The number of fused-ring (bicyclic) bond motifs is 12. The maximum absolute atomic E-state index is 6.69. The fourth-order valence-electron chi connectivity index (χ4n) is 13.4. The molecule has 2 heteroatoms. The van der Waals surface area contributed by atoms with Gasteiger partial charge in [-0.15, -0.1) is 0 Å². The zero-order valence-corrected chi connectivity index (χ0v) is 43.4. The minimum absolute atomic E-state index is 0.877. The van der Waals surface area contributed by atoms with E-state index >= 15 is 0 Å². The monoisotopic (exact) mass is 1010 g/mol. The molecule has 15 aromatic carbocycles. The maximum atomic E-state index is 6.69. The van der Waals surface area contributed by atoms with Gasteiger partial charge in [0.25, 0.3) is 0 Å². The summed E-state index contributed by atoms with van der Waals surface area (Å²) in [4.78, 5) is 0. The molecule has 0 atom stereocenters. The summed E-state index contributed by atoms with van der Waals surface area (Å²) in [5.74, 6) is 0. The molecule has 0 saturated heterocycles. The lowest BCUT2D eigenvalue weighted by atomic mass is 9.83. The summed E-state index contributed by atoms with van der Waals surface area (Å²) in [5, 5.41) is 19.0. The van der Waals surface area contributed by atoms with Crippen molar-refractivity contribution in [1.82, 2.24) is 0 Å². The highest BCUT2D eigenvalue weighted by Gasteiger charge is 2.23. The van der Waals surface area contributed by atoms with E-state index in [2.05, 4.69) is 279 Å². The molecule has 0 aliphatic rings. The molecule has 0 amide bonds. The van der Waals surface area contributed by atoms with Crippen LogP contribution in [0.1, 0.15) is 0 Å². The quantitative estimate of drug-likeness (QED) is 0.155. The van der Waals surface area contributed by atoms with Gasteiger partial charge in [-0.3, -0.25) is 0 Å². The van der Waals surface area contributed by atoms with E-state index in [0.717, 1.165) is 71.3 Å². The maximum Gasteiger partial charge on any atom is 0.136 e. The van der Waals surface area contributed by atoms with Crippen LogP contribution >= 0.6 is 0 Å². The second-order valence-corrected chi connectivity index (χ2v) is 21.4. The third-order valence-electron chi connectivity index (χ3n) is 17.0. The van der Waals surface area contributed by atoms with Crippen molar-refractivity contribution in [1.29, 1.82) is 0 Å². The lowest BCUT2D eigenvalue weighted by molar-refractivity contribution is 0.669. The highest BCUT2D eigenvalue weighted by molar-refractivity contribution is 6.27. The zero-order valence-electron chi connectivity index (χ0n) is 43.4. The van der Waals surface area contributed by atoms with Gasteiger partial charge >= 0.3 is 0 Å². The summed E-state index contributed by atoms with van der Waals surface area (Å²) in [5.41, 5.74) is 17.9. The number of hydrogen-bond donors (Lipinski definition) is 0. The molecule has 2 heterocycles. The van der Waals surface area contributed by atoms with Gasteiger partial charge in [-0.05, 0) is 186 Å². The molecule has 0 unspecified atom stereocenters. The van der Waals surface area contributed by atoms with Crippen molar-refractivity contribution in [3.8, 4) is 66.8 Å². The van der Waals surface area contributed by atoms with E-state index in [9.17, 15) is 0 Å². The van der Waals surface area contributed by atoms with Crippen LogP contribution in [0.4, 0.5) is 0 Å². The Bertz CT molecular complexity index is 5350. The van der Waals surface area contributed by atoms with E-state index < -0.39 is 0 Å². The predicted octanol–water partition coefficient (Wildman–Crippen LogP) is 22.4. The van der Waals surface area contributed by atoms with Gasteiger partial charge in [0.05, 0.1) is 0 Å². The molecular weight excluding hydrogens is 969 g/mol. The average Bonchev–Trinajstić information content (AvgIpc) is 4.18. The third kappa shape index (κ3) is 6.86. The highest BCUT2D eigenvalue weighted by Crippen LogP contribution is 2.49. The molecule has 0 aliphatic heterocycles. The average molecular weight is 1020 g/mol. The Morgan fingerprint density at radius 1 is 0.175 bits per heavy atom. The summed E-state index contributed by atoms with van der Waals surface area (Å²) >= 11 is 0. The lowest BCUT2D eigenvalue weighted by Crippen LogP contribution is -1.92. The zero-order chi connectivity index (χ0) is 52.4. The van der Waals surface area contributed by atoms with Gasteiger partial charge in [-0.2, -0.15) is 0 Å². The van der Waals surface area contributed by atoms with E-state index in [0.29, 0.717) is 0 Å². The molecule has 370 valence electrons. The Kier molecular flexibility index (Phi) is 9.75. The SMILES string of the molecule is c1ccc(-c2c3ccccc3c(-c3ccc4oc5cc6ccc(-c7ccc8c(-c9ccc(-c%10ccc%11ccccc%11c%10)cc9)c9ccccc9c(-c9cccc%10oc%11ccccc%11c9%10)c8c7)cc6cc5c4c3)c3ccccc23)cc1. The Labute approximate surface area is 460 Å². The molecule has 2 nitrogen and oxygen atoms in total. The smallest absolute Gasteiger partial charge is 0.136 e. The van der Waals surface area contributed by atoms with Crippen molar-refractivity contribution in [3.63, 3.8) is 0 Å². The Morgan fingerprint density at radius 3 is 1.34 bits per heavy atom. The van der Waals surface area contributed by atoms with Gasteiger partial charge in [-0.1, -0.05) is 224 Å². The van der Waals surface area contributed by atoms with Gasteiger partial charge < -0.3 is 8.83 Å². The topological polar surface area (TPSA) is 26.3 Å². The second-order valence-electron chi connectivity index (χ2n) is 21.4. The normalized spacial score (nSPS) is 12.0. The Morgan fingerprint density at radius 2 is 0.613 bits per heavy atom. The van der Waals surface area contributed by atoms with Crippen LogP contribution < -0.4 is 0 Å². The predicted molar refractivity (Wildman–Crippen MR) is 339 cm³/mol. The number of rotatable bonds is 6. The minimum Gasteiger partial charge on any atom is -0.456 e. The van der Waals surface area contributed by atoms with Gasteiger partial charge in [-0.25, -0.2) is 0 Å². The molecule has 0 bridgehead atoms. The summed E-state index contributed by atoms with van der Waals surface area (Å²) in [6.07, 6.45) is 0. The molecule has 0 radical (unpaired) electrons. The fourth-order valence-corrected chi connectivity index (χ4v) is 13.4. The molecule has 0 fully saturated rings. The third-order valence-corrected chi connectivity index (χ3v) is 17.0. The van der Waals surface area contributed by atoms with Crippen LogP contribution in [0.5, 0.6) is 0 Å². The molecular formula is C78H46O2. The summed E-state index contributed by atoms with van der Waals surface area (Å²) in [6, 6.07) is 102. The Hall–Kier alpha value is -10.5. The van der Waals surface area contributed by atoms with Gasteiger partial charge in [0.2, 0.25) is 0 Å². The molecule has 80 heavy (non-hydrogen) atoms. The van der Waals surface area contributed by atoms with E-state index in [1.165, 1.54) is 104 Å². The van der Waals surface area contributed by atoms with E-state index in [1.807, 2.05) is 0 Å². The Balaban J connectivity index is 0.848. The van der Waals surface area contributed by atoms with Crippen LogP contribution in [-0.4, -0.2) is 0 Å². The summed E-state index contributed by atoms with van der Waals surface area (Å²) in [6.45, 7) is 0. The number of benzene rings is 15. The van der Waals surface area contributed by atoms with Crippen molar-refractivity contribution in [2.24, 2.45) is 0 Å². The number of furan rings is 2. The van der Waals surface area contributed by atoms with Crippen LogP contribution in [-0.2, 0) is 0 Å². The molecule has 0 N–H and O–H groups in total. The van der Waals surface area contributed by atoms with Crippen molar-refractivity contribution in [2.75, 3.05) is 0 Å². The van der Waals surface area contributed by atoms with Crippen molar-refractivity contribution in [3.05, 3.63) is 279 Å². The fraction of sp³-hybridized carbons (Fsp3) is 0. The van der Waals surface area contributed by atoms with Crippen LogP contribution in [0.3, 0.4) is 0 Å². The lowest BCUT2D eigenvalue weighted by Gasteiger charge is -2.19. The molecule has 0 spiro atoms. The summed E-state index contributed by atoms with van der Waals surface area (Å²) in [7, 11) is 0. The summed E-state index contributed by atoms with van der Waals surface area (Å²) < 4.78 is 13.3. The first-order valence-electron chi connectivity index (χ1n) is 27.5. The van der Waals surface area contributed by atoms with Crippen LogP contribution in [0.15, 0.2) is 288 Å². The highest BCUT2D eigenvalue weighted by atomic mass is 16.3. The first-order valence-corrected chi connectivity index (χ1v) is 27.5. The first kappa shape index (κ1) is 44.6. The second kappa shape index (κ2) is 17.5. The largest absolute Gasteiger partial charge is 0.456 e. The van der Waals surface area contributed by atoms with E-state index in [4.69, 9.17) is 8.83 Å². The van der Waals surface area contributed by atoms with Crippen LogP contribution in [0, 0.1) is 0 Å². The van der Waals surface area contributed by atoms with E-state index in [1.54, 1.807) is 0 Å². The van der Waals surface area contributed by atoms with Crippen LogP contribution in [0.25, 0.3) is 175 Å². The van der Waals surface area contributed by atoms with Crippen molar-refractivity contribution >= 4 is 109 Å². The minimum atomic E-state index is 0.877. The van der Waals surface area contributed by atoms with E-state index in [-0.39, 0.29) is 0 Å². The molecule has 17 aromatic rings.